The van der Waals surface area contributed by atoms with E-state index >= 15 is 0 Å². The zero-order valence-electron chi connectivity index (χ0n) is 14.0. The molecule has 0 bridgehead atoms. The molecular formula is C18H27N3O2. The largest absolute Gasteiger partial charge is 0.497 e. The molecule has 5 nitrogen and oxygen atoms in total. The SMILES string of the molecule is CCCC1CC(C(=O)N2CCCC2c2cccc(OC)c2)NN1. The van der Waals surface area contributed by atoms with Gasteiger partial charge in [0.15, 0.2) is 0 Å². The van der Waals surface area contributed by atoms with E-state index in [1.165, 1.54) is 5.56 Å². The molecule has 1 aromatic rings. The van der Waals surface area contributed by atoms with Crippen molar-refractivity contribution in [1.29, 1.82) is 0 Å². The second-order valence-corrected chi connectivity index (χ2v) is 6.53. The summed E-state index contributed by atoms with van der Waals surface area (Å²) in [7, 11) is 1.68. The average Bonchev–Trinajstić information content (AvgIpc) is 3.24. The first-order valence-electron chi connectivity index (χ1n) is 8.68. The van der Waals surface area contributed by atoms with Gasteiger partial charge in [0.05, 0.1) is 13.2 Å². The monoisotopic (exact) mass is 317 g/mol. The molecule has 1 aromatic carbocycles. The number of carbonyl (C=O) groups is 1. The highest BCUT2D eigenvalue weighted by molar-refractivity contribution is 5.83. The number of hydrogen-bond acceptors (Lipinski definition) is 4. The van der Waals surface area contributed by atoms with Gasteiger partial charge in [-0.25, -0.2) is 5.43 Å². The first-order valence-corrected chi connectivity index (χ1v) is 8.68. The average molecular weight is 317 g/mol. The second kappa shape index (κ2) is 7.32. The minimum absolute atomic E-state index is 0.0993. The first kappa shape index (κ1) is 16.3. The predicted octanol–water partition coefficient (Wildman–Crippen LogP) is 2.39. The van der Waals surface area contributed by atoms with Gasteiger partial charge in [0.25, 0.3) is 0 Å². The van der Waals surface area contributed by atoms with Crippen LogP contribution in [-0.2, 0) is 4.79 Å². The molecule has 2 N–H and O–H groups in total. The molecule has 3 rings (SSSR count). The van der Waals surface area contributed by atoms with Crippen LogP contribution in [0.2, 0.25) is 0 Å². The summed E-state index contributed by atoms with van der Waals surface area (Å²) in [6.07, 6.45) is 5.21. The van der Waals surface area contributed by atoms with Gasteiger partial charge < -0.3 is 9.64 Å². The van der Waals surface area contributed by atoms with Crippen molar-refractivity contribution < 1.29 is 9.53 Å². The zero-order chi connectivity index (χ0) is 16.2. The Morgan fingerprint density at radius 2 is 2.26 bits per heavy atom. The smallest absolute Gasteiger partial charge is 0.241 e. The third kappa shape index (κ3) is 3.51. The Morgan fingerprint density at radius 1 is 1.39 bits per heavy atom. The van der Waals surface area contributed by atoms with E-state index in [0.29, 0.717) is 6.04 Å². The summed E-state index contributed by atoms with van der Waals surface area (Å²) in [5, 5.41) is 0. The minimum atomic E-state index is -0.0993. The van der Waals surface area contributed by atoms with E-state index in [-0.39, 0.29) is 18.0 Å². The Hall–Kier alpha value is -1.59. The number of carbonyl (C=O) groups excluding carboxylic acids is 1. The van der Waals surface area contributed by atoms with Crippen LogP contribution in [0.1, 0.15) is 50.6 Å². The molecule has 2 aliphatic rings. The molecule has 126 valence electrons. The van der Waals surface area contributed by atoms with Crippen LogP contribution in [0.5, 0.6) is 5.75 Å². The van der Waals surface area contributed by atoms with E-state index in [0.717, 1.165) is 44.4 Å². The minimum Gasteiger partial charge on any atom is -0.497 e. The zero-order valence-corrected chi connectivity index (χ0v) is 14.0. The maximum absolute atomic E-state index is 12.9. The van der Waals surface area contributed by atoms with Crippen LogP contribution in [-0.4, -0.2) is 36.5 Å². The number of benzene rings is 1. The lowest BCUT2D eigenvalue weighted by atomic mass is 10.0. The summed E-state index contributed by atoms with van der Waals surface area (Å²) in [5.74, 6) is 1.08. The van der Waals surface area contributed by atoms with Crippen molar-refractivity contribution in [3.63, 3.8) is 0 Å². The van der Waals surface area contributed by atoms with Crippen molar-refractivity contribution >= 4 is 5.91 Å². The third-order valence-corrected chi connectivity index (χ3v) is 4.93. The van der Waals surface area contributed by atoms with E-state index in [9.17, 15) is 4.79 Å². The van der Waals surface area contributed by atoms with Crippen molar-refractivity contribution in [2.75, 3.05) is 13.7 Å². The quantitative estimate of drug-likeness (QED) is 0.875. The Labute approximate surface area is 138 Å². The van der Waals surface area contributed by atoms with Gasteiger partial charge in [-0.05, 0) is 43.4 Å². The Morgan fingerprint density at radius 3 is 3.04 bits per heavy atom. The third-order valence-electron chi connectivity index (χ3n) is 4.93. The molecule has 0 radical (unpaired) electrons. The summed E-state index contributed by atoms with van der Waals surface area (Å²) in [5.41, 5.74) is 7.64. The van der Waals surface area contributed by atoms with Gasteiger partial charge in [0.1, 0.15) is 11.8 Å². The molecule has 0 saturated carbocycles. The molecule has 5 heteroatoms. The van der Waals surface area contributed by atoms with E-state index in [1.54, 1.807) is 7.11 Å². The fraction of sp³-hybridized carbons (Fsp3) is 0.611. The fourth-order valence-corrected chi connectivity index (χ4v) is 3.75. The molecule has 23 heavy (non-hydrogen) atoms. The fourth-order valence-electron chi connectivity index (χ4n) is 3.75. The van der Waals surface area contributed by atoms with Gasteiger partial charge in [-0.15, -0.1) is 0 Å². The van der Waals surface area contributed by atoms with Crippen molar-refractivity contribution in [3.05, 3.63) is 29.8 Å². The van der Waals surface area contributed by atoms with Crippen molar-refractivity contribution in [2.45, 2.75) is 57.2 Å². The topological polar surface area (TPSA) is 53.6 Å². The maximum atomic E-state index is 12.9. The van der Waals surface area contributed by atoms with Gasteiger partial charge >= 0.3 is 0 Å². The van der Waals surface area contributed by atoms with Crippen LogP contribution in [0.4, 0.5) is 0 Å². The number of likely N-dealkylation sites (tertiary alicyclic amines) is 1. The van der Waals surface area contributed by atoms with Crippen LogP contribution < -0.4 is 15.6 Å². The molecular weight excluding hydrogens is 290 g/mol. The molecule has 2 aliphatic heterocycles. The molecule has 0 aliphatic carbocycles. The standard InChI is InChI=1S/C18H27N3O2/c1-3-6-14-12-16(20-19-14)18(22)21-10-5-9-17(21)13-7-4-8-15(11-13)23-2/h4,7-8,11,14,16-17,19-20H,3,5-6,9-10,12H2,1-2H3. The summed E-state index contributed by atoms with van der Waals surface area (Å²) in [6, 6.07) is 8.58. The summed E-state index contributed by atoms with van der Waals surface area (Å²) in [4.78, 5) is 15.0. The van der Waals surface area contributed by atoms with Crippen LogP contribution in [0.3, 0.4) is 0 Å². The molecule has 0 aromatic heterocycles. The lowest BCUT2D eigenvalue weighted by molar-refractivity contribution is -0.134. The Balaban J connectivity index is 1.70. The van der Waals surface area contributed by atoms with Crippen LogP contribution in [0.25, 0.3) is 0 Å². The van der Waals surface area contributed by atoms with Gasteiger partial charge in [-0.1, -0.05) is 25.5 Å². The molecule has 2 fully saturated rings. The number of methoxy groups -OCH3 is 1. The second-order valence-electron chi connectivity index (χ2n) is 6.53. The number of hydrazine groups is 1. The molecule has 2 heterocycles. The van der Waals surface area contributed by atoms with E-state index in [4.69, 9.17) is 4.74 Å². The van der Waals surface area contributed by atoms with E-state index < -0.39 is 0 Å². The number of ether oxygens (including phenoxy) is 1. The molecule has 3 atom stereocenters. The van der Waals surface area contributed by atoms with Gasteiger partial charge in [-0.3, -0.25) is 10.2 Å². The van der Waals surface area contributed by atoms with Gasteiger partial charge in [-0.2, -0.15) is 0 Å². The summed E-state index contributed by atoms with van der Waals surface area (Å²) < 4.78 is 5.33. The summed E-state index contributed by atoms with van der Waals surface area (Å²) >= 11 is 0. The lowest BCUT2D eigenvalue weighted by Crippen LogP contribution is -2.45. The number of nitrogens with zero attached hydrogens (tertiary/aromatic N) is 1. The molecule has 2 saturated heterocycles. The van der Waals surface area contributed by atoms with E-state index in [1.807, 2.05) is 17.0 Å². The molecule has 0 spiro atoms. The highest BCUT2D eigenvalue weighted by Crippen LogP contribution is 2.34. The number of hydrogen-bond donors (Lipinski definition) is 2. The number of amides is 1. The highest BCUT2D eigenvalue weighted by atomic mass is 16.5. The van der Waals surface area contributed by atoms with E-state index in [2.05, 4.69) is 29.9 Å². The maximum Gasteiger partial charge on any atom is 0.241 e. The van der Waals surface area contributed by atoms with Gasteiger partial charge in [0, 0.05) is 12.6 Å². The van der Waals surface area contributed by atoms with Crippen molar-refractivity contribution in [2.24, 2.45) is 0 Å². The van der Waals surface area contributed by atoms with Crippen LogP contribution >= 0.6 is 0 Å². The van der Waals surface area contributed by atoms with Crippen molar-refractivity contribution in [3.8, 4) is 5.75 Å². The summed E-state index contributed by atoms with van der Waals surface area (Å²) in [6.45, 7) is 3.02. The number of rotatable bonds is 5. The van der Waals surface area contributed by atoms with Gasteiger partial charge in [0.2, 0.25) is 5.91 Å². The number of nitrogens with one attached hydrogen (secondary N) is 2. The predicted molar refractivity (Wildman–Crippen MR) is 90.1 cm³/mol. The van der Waals surface area contributed by atoms with Crippen LogP contribution in [0, 0.1) is 0 Å². The highest BCUT2D eigenvalue weighted by Gasteiger charge is 2.37. The molecule has 1 amide bonds. The molecule has 3 unspecified atom stereocenters. The first-order chi connectivity index (χ1) is 11.2. The van der Waals surface area contributed by atoms with Crippen LogP contribution in [0.15, 0.2) is 24.3 Å². The lowest BCUT2D eigenvalue weighted by Gasteiger charge is -2.27. The Bertz CT molecular complexity index is 549. The van der Waals surface area contributed by atoms with Crippen molar-refractivity contribution in [1.82, 2.24) is 15.8 Å². The normalized spacial score (nSPS) is 27.4. The Kier molecular flexibility index (Phi) is 5.18.